The highest BCUT2D eigenvalue weighted by Crippen LogP contribution is 2.43. The van der Waals surface area contributed by atoms with Crippen LogP contribution in [0.25, 0.3) is 99.6 Å². The van der Waals surface area contributed by atoms with E-state index >= 15 is 0 Å². The second kappa shape index (κ2) is 11.9. The fourth-order valence-corrected chi connectivity index (χ4v) is 7.30. The number of hydrogen-bond donors (Lipinski definition) is 0. The van der Waals surface area contributed by atoms with Crippen molar-refractivity contribution in [2.45, 2.75) is 0 Å². The molecule has 0 bridgehead atoms. The summed E-state index contributed by atoms with van der Waals surface area (Å²) in [6.45, 7) is 8.21. The lowest BCUT2D eigenvalue weighted by molar-refractivity contribution is 0.669. The van der Waals surface area contributed by atoms with E-state index in [1.807, 2.05) is 91.0 Å². The number of aromatic nitrogens is 4. The molecular formula is C46H27N5O. The number of hydrogen-bond acceptors (Lipinski definition) is 4. The van der Waals surface area contributed by atoms with Gasteiger partial charge in [0, 0.05) is 38.2 Å². The molecule has 52 heavy (non-hydrogen) atoms. The van der Waals surface area contributed by atoms with Crippen LogP contribution in [0.4, 0.5) is 5.69 Å². The normalized spacial score (nSPS) is 11.4. The van der Waals surface area contributed by atoms with E-state index in [-0.39, 0.29) is 0 Å². The van der Waals surface area contributed by atoms with Crippen LogP contribution in [0.3, 0.4) is 0 Å². The molecular weight excluding hydrogens is 639 g/mol. The van der Waals surface area contributed by atoms with Gasteiger partial charge < -0.3 is 8.98 Å². The molecule has 0 fully saturated rings. The van der Waals surface area contributed by atoms with Crippen molar-refractivity contribution in [1.82, 2.24) is 19.5 Å². The fraction of sp³-hybridized carbons (Fsp3) is 0. The maximum atomic E-state index is 8.21. The van der Waals surface area contributed by atoms with E-state index in [0.29, 0.717) is 23.2 Å². The first kappa shape index (κ1) is 29.5. The van der Waals surface area contributed by atoms with E-state index in [1.54, 1.807) is 0 Å². The summed E-state index contributed by atoms with van der Waals surface area (Å²) in [5.74, 6) is 1.54. The molecule has 0 radical (unpaired) electrons. The summed E-state index contributed by atoms with van der Waals surface area (Å²) in [6, 6.07) is 55.1. The lowest BCUT2D eigenvalue weighted by atomic mass is 9.97. The topological polar surface area (TPSA) is 61.1 Å². The van der Waals surface area contributed by atoms with Crippen molar-refractivity contribution < 1.29 is 4.42 Å². The Morgan fingerprint density at radius 2 is 0.981 bits per heavy atom. The summed E-state index contributed by atoms with van der Waals surface area (Å²) >= 11 is 0. The highest BCUT2D eigenvalue weighted by atomic mass is 16.3. The summed E-state index contributed by atoms with van der Waals surface area (Å²) in [7, 11) is 0. The maximum absolute atomic E-state index is 8.21. The minimum atomic E-state index is 0.473. The Labute approximate surface area is 298 Å². The van der Waals surface area contributed by atoms with Crippen molar-refractivity contribution in [3.05, 3.63) is 175 Å². The maximum Gasteiger partial charge on any atom is 0.188 e. The molecule has 7 aromatic carbocycles. The first-order chi connectivity index (χ1) is 25.7. The Balaban J connectivity index is 1.32. The van der Waals surface area contributed by atoms with Gasteiger partial charge in [-0.1, -0.05) is 115 Å². The summed E-state index contributed by atoms with van der Waals surface area (Å²) in [5, 5.41) is 4.30. The largest absolute Gasteiger partial charge is 0.456 e. The highest BCUT2D eigenvalue weighted by molar-refractivity contribution is 6.11. The van der Waals surface area contributed by atoms with Crippen molar-refractivity contribution >= 4 is 49.4 Å². The Morgan fingerprint density at radius 3 is 1.67 bits per heavy atom. The molecule has 0 saturated carbocycles. The van der Waals surface area contributed by atoms with Crippen molar-refractivity contribution in [2.75, 3.05) is 0 Å². The molecule has 6 nitrogen and oxygen atoms in total. The van der Waals surface area contributed by atoms with Gasteiger partial charge in [-0.25, -0.2) is 19.8 Å². The molecule has 0 N–H and O–H groups in total. The first-order valence-electron chi connectivity index (χ1n) is 17.1. The Bertz CT molecular complexity index is 2970. The van der Waals surface area contributed by atoms with Gasteiger partial charge in [0.05, 0.1) is 23.3 Å². The number of rotatable bonds is 5. The quantitative estimate of drug-likeness (QED) is 0.172. The summed E-state index contributed by atoms with van der Waals surface area (Å²) in [4.78, 5) is 19.5. The second-order valence-electron chi connectivity index (χ2n) is 12.7. The van der Waals surface area contributed by atoms with E-state index in [9.17, 15) is 0 Å². The zero-order valence-corrected chi connectivity index (χ0v) is 27.7. The molecule has 0 aliphatic carbocycles. The minimum absolute atomic E-state index is 0.473. The van der Waals surface area contributed by atoms with Gasteiger partial charge in [0.2, 0.25) is 0 Å². The molecule has 0 aliphatic rings. The lowest BCUT2D eigenvalue weighted by Gasteiger charge is -2.20. The van der Waals surface area contributed by atoms with Crippen LogP contribution in [0, 0.1) is 6.57 Å². The summed E-state index contributed by atoms with van der Waals surface area (Å²) in [5.41, 5.74) is 9.44. The van der Waals surface area contributed by atoms with Gasteiger partial charge in [-0.2, -0.15) is 0 Å². The molecule has 3 aromatic heterocycles. The second-order valence-corrected chi connectivity index (χ2v) is 12.7. The van der Waals surface area contributed by atoms with Gasteiger partial charge in [0.25, 0.3) is 0 Å². The van der Waals surface area contributed by atoms with Crippen molar-refractivity contribution in [3.8, 4) is 51.0 Å². The van der Waals surface area contributed by atoms with Crippen LogP contribution in [0.5, 0.6) is 0 Å². The molecule has 0 spiro atoms. The molecule has 3 heterocycles. The van der Waals surface area contributed by atoms with E-state index in [1.165, 1.54) is 0 Å². The van der Waals surface area contributed by atoms with Crippen LogP contribution in [-0.2, 0) is 0 Å². The van der Waals surface area contributed by atoms with E-state index < -0.39 is 0 Å². The minimum Gasteiger partial charge on any atom is -0.456 e. The van der Waals surface area contributed by atoms with Gasteiger partial charge in [0.1, 0.15) is 11.2 Å². The first-order valence-corrected chi connectivity index (χ1v) is 17.1. The van der Waals surface area contributed by atoms with Gasteiger partial charge in [0.15, 0.2) is 23.2 Å². The van der Waals surface area contributed by atoms with Crippen LogP contribution in [0.1, 0.15) is 0 Å². The van der Waals surface area contributed by atoms with Gasteiger partial charge in [-0.15, -0.1) is 0 Å². The average Bonchev–Trinajstić information content (AvgIpc) is 3.76. The van der Waals surface area contributed by atoms with Crippen LogP contribution in [-0.4, -0.2) is 19.5 Å². The van der Waals surface area contributed by atoms with Crippen molar-refractivity contribution in [3.63, 3.8) is 0 Å². The standard InChI is InChI=1S/C46H27N5O/c1-47-32-27-36(29-14-4-2-5-15-29)43(51-39-21-11-8-18-33(39)34-19-9-12-22-40(34)51)38(28-32)46-49-44(30-16-6-3-7-17-30)48-45(50-46)31-24-25-42-37(26-31)35-20-10-13-23-41(35)52-42/h2-28H. The molecule has 0 saturated heterocycles. The summed E-state index contributed by atoms with van der Waals surface area (Å²) in [6.07, 6.45) is 0. The average molecular weight is 666 g/mol. The van der Waals surface area contributed by atoms with E-state index in [2.05, 4.69) is 82.2 Å². The Kier molecular flexibility index (Phi) is 6.76. The van der Waals surface area contributed by atoms with Crippen LogP contribution in [0.2, 0.25) is 0 Å². The molecule has 242 valence electrons. The fourth-order valence-electron chi connectivity index (χ4n) is 7.30. The van der Waals surface area contributed by atoms with E-state index in [0.717, 1.165) is 77.2 Å². The number of para-hydroxylation sites is 3. The van der Waals surface area contributed by atoms with E-state index in [4.69, 9.17) is 25.9 Å². The van der Waals surface area contributed by atoms with Crippen LogP contribution < -0.4 is 0 Å². The molecule has 0 unspecified atom stereocenters. The summed E-state index contributed by atoms with van der Waals surface area (Å²) < 4.78 is 8.45. The van der Waals surface area contributed by atoms with Gasteiger partial charge >= 0.3 is 0 Å². The van der Waals surface area contributed by atoms with Crippen molar-refractivity contribution in [1.29, 1.82) is 0 Å². The Hall–Kier alpha value is -7.36. The molecule has 0 atom stereocenters. The predicted molar refractivity (Wildman–Crippen MR) is 209 cm³/mol. The zero-order valence-electron chi connectivity index (χ0n) is 27.7. The monoisotopic (exact) mass is 665 g/mol. The lowest BCUT2D eigenvalue weighted by Crippen LogP contribution is -2.05. The number of benzene rings is 7. The molecule has 10 rings (SSSR count). The zero-order chi connectivity index (χ0) is 34.6. The van der Waals surface area contributed by atoms with Gasteiger partial charge in [-0.05, 0) is 59.7 Å². The van der Waals surface area contributed by atoms with Crippen LogP contribution in [0.15, 0.2) is 168 Å². The molecule has 6 heteroatoms. The van der Waals surface area contributed by atoms with Crippen molar-refractivity contribution in [2.24, 2.45) is 0 Å². The number of nitrogens with zero attached hydrogens (tertiary/aromatic N) is 5. The number of furan rings is 1. The predicted octanol–water partition coefficient (Wildman–Crippen LogP) is 12.1. The number of fused-ring (bicyclic) bond motifs is 6. The highest BCUT2D eigenvalue weighted by Gasteiger charge is 2.24. The Morgan fingerprint density at radius 1 is 0.442 bits per heavy atom. The molecule has 0 aliphatic heterocycles. The third-order valence-corrected chi connectivity index (χ3v) is 9.66. The van der Waals surface area contributed by atoms with Gasteiger partial charge in [-0.3, -0.25) is 0 Å². The third kappa shape index (κ3) is 4.76. The van der Waals surface area contributed by atoms with Crippen LogP contribution >= 0.6 is 0 Å². The molecule has 10 aromatic rings. The molecule has 0 amide bonds. The smallest absolute Gasteiger partial charge is 0.188 e. The third-order valence-electron chi connectivity index (χ3n) is 9.66. The SMILES string of the molecule is [C-]#[N+]c1cc(-c2ccccc2)c(-n2c3ccccc3c3ccccc32)c(-c2nc(-c3ccccc3)nc(-c3ccc4oc5ccccc5c4c3)n2)c1.